The van der Waals surface area contributed by atoms with Crippen LogP contribution in [0.5, 0.6) is 0 Å². The van der Waals surface area contributed by atoms with Gasteiger partial charge in [-0.15, -0.1) is 11.3 Å². The van der Waals surface area contributed by atoms with E-state index in [0.29, 0.717) is 5.11 Å². The molecule has 3 rings (SSSR count). The smallest absolute Gasteiger partial charge is 0.186 e. The van der Waals surface area contributed by atoms with Gasteiger partial charge in [-0.1, -0.05) is 36.4 Å². The normalized spacial score (nSPS) is 10.9. The van der Waals surface area contributed by atoms with E-state index in [2.05, 4.69) is 34.0 Å². The van der Waals surface area contributed by atoms with E-state index < -0.39 is 0 Å². The van der Waals surface area contributed by atoms with Crippen LogP contribution in [0.4, 0.5) is 0 Å². The summed E-state index contributed by atoms with van der Waals surface area (Å²) in [6.07, 6.45) is 3.76. The lowest BCUT2D eigenvalue weighted by molar-refractivity contribution is 0.689. The van der Waals surface area contributed by atoms with Crippen LogP contribution in [-0.2, 0) is 6.54 Å². The highest BCUT2D eigenvalue weighted by Crippen LogP contribution is 2.26. The number of rotatable bonds is 6. The van der Waals surface area contributed by atoms with Gasteiger partial charge in [0.05, 0.1) is 17.6 Å². The molecule has 0 bridgehead atoms. The Balaban J connectivity index is 1.82. The average Bonchev–Trinajstić information content (AvgIpc) is 3.26. The Morgan fingerprint density at radius 1 is 1.28 bits per heavy atom. The molecular formula is C18H19N5S2. The van der Waals surface area contributed by atoms with Gasteiger partial charge in [-0.2, -0.15) is 10.2 Å². The summed E-state index contributed by atoms with van der Waals surface area (Å²) < 4.78 is 1.94. The van der Waals surface area contributed by atoms with Crippen molar-refractivity contribution in [1.82, 2.24) is 20.5 Å². The van der Waals surface area contributed by atoms with E-state index in [1.807, 2.05) is 47.4 Å². The Morgan fingerprint density at radius 2 is 2.12 bits per heavy atom. The third kappa shape index (κ3) is 4.74. The van der Waals surface area contributed by atoms with E-state index in [1.165, 1.54) is 5.56 Å². The highest BCUT2D eigenvalue weighted by Gasteiger charge is 2.11. The minimum absolute atomic E-state index is 0.508. The van der Waals surface area contributed by atoms with Crippen LogP contribution in [0.15, 0.2) is 59.1 Å². The van der Waals surface area contributed by atoms with Crippen LogP contribution in [0.3, 0.4) is 0 Å². The zero-order valence-electron chi connectivity index (χ0n) is 13.8. The van der Waals surface area contributed by atoms with Gasteiger partial charge in [0.25, 0.3) is 0 Å². The maximum Gasteiger partial charge on any atom is 0.186 e. The summed E-state index contributed by atoms with van der Waals surface area (Å²) in [6, 6.07) is 14.4. The van der Waals surface area contributed by atoms with Gasteiger partial charge in [-0.25, -0.2) is 0 Å². The Morgan fingerprint density at radius 3 is 2.84 bits per heavy atom. The molecule has 0 aliphatic rings. The largest absolute Gasteiger partial charge is 0.362 e. The predicted molar refractivity (Wildman–Crippen MR) is 108 cm³/mol. The maximum atomic E-state index is 5.12. The van der Waals surface area contributed by atoms with Gasteiger partial charge in [0.1, 0.15) is 5.69 Å². The SMILES string of the molecule is CCNC(=S)N/N=C\c1cn(Cc2ccccc2)nc1-c1cccs1. The van der Waals surface area contributed by atoms with Crippen LogP contribution >= 0.6 is 23.6 Å². The van der Waals surface area contributed by atoms with Gasteiger partial charge in [0.15, 0.2) is 5.11 Å². The molecule has 0 fully saturated rings. The van der Waals surface area contributed by atoms with Crippen molar-refractivity contribution in [1.29, 1.82) is 0 Å². The first-order chi connectivity index (χ1) is 12.3. The lowest BCUT2D eigenvalue weighted by Crippen LogP contribution is -2.31. The molecule has 0 saturated heterocycles. The molecule has 0 aliphatic heterocycles. The first-order valence-corrected chi connectivity index (χ1v) is 9.27. The lowest BCUT2D eigenvalue weighted by Gasteiger charge is -2.02. The van der Waals surface area contributed by atoms with E-state index in [1.54, 1.807) is 17.6 Å². The van der Waals surface area contributed by atoms with E-state index in [0.717, 1.165) is 29.2 Å². The Kier molecular flexibility index (Phi) is 5.92. The number of aromatic nitrogens is 2. The van der Waals surface area contributed by atoms with Crippen molar-refractivity contribution < 1.29 is 0 Å². The van der Waals surface area contributed by atoms with Gasteiger partial charge < -0.3 is 5.32 Å². The Hall–Kier alpha value is -2.51. The molecule has 3 aromatic rings. The summed E-state index contributed by atoms with van der Waals surface area (Å²) in [6.45, 7) is 3.47. The number of hydrazone groups is 1. The molecule has 2 heterocycles. The summed E-state index contributed by atoms with van der Waals surface area (Å²) in [5.74, 6) is 0. The minimum atomic E-state index is 0.508. The molecular weight excluding hydrogens is 350 g/mol. The Bertz CT molecular complexity index is 838. The van der Waals surface area contributed by atoms with Crippen molar-refractivity contribution in [2.45, 2.75) is 13.5 Å². The topological polar surface area (TPSA) is 54.2 Å². The quantitative estimate of drug-likeness (QED) is 0.397. The fourth-order valence-corrected chi connectivity index (χ4v) is 3.28. The van der Waals surface area contributed by atoms with E-state index in [-0.39, 0.29) is 0 Å². The van der Waals surface area contributed by atoms with Crippen molar-refractivity contribution in [2.24, 2.45) is 5.10 Å². The monoisotopic (exact) mass is 369 g/mol. The first kappa shape index (κ1) is 17.3. The van der Waals surface area contributed by atoms with Crippen molar-refractivity contribution in [2.75, 3.05) is 6.54 Å². The number of thiophene rings is 1. The van der Waals surface area contributed by atoms with Crippen LogP contribution < -0.4 is 10.7 Å². The molecule has 0 spiro atoms. The summed E-state index contributed by atoms with van der Waals surface area (Å²) in [5, 5.41) is 14.5. The first-order valence-electron chi connectivity index (χ1n) is 7.98. The molecule has 7 heteroatoms. The molecule has 0 unspecified atom stereocenters. The zero-order chi connectivity index (χ0) is 17.5. The van der Waals surface area contributed by atoms with Crippen LogP contribution in [0, 0.1) is 0 Å². The number of hydrogen-bond donors (Lipinski definition) is 2. The second-order valence-corrected chi connectivity index (χ2v) is 6.68. The number of hydrogen-bond acceptors (Lipinski definition) is 4. The lowest BCUT2D eigenvalue weighted by atomic mass is 10.2. The number of nitrogens with one attached hydrogen (secondary N) is 2. The van der Waals surface area contributed by atoms with Gasteiger partial charge in [0, 0.05) is 18.3 Å². The van der Waals surface area contributed by atoms with Crippen molar-refractivity contribution in [3.05, 3.63) is 65.2 Å². The van der Waals surface area contributed by atoms with Gasteiger partial charge in [-0.05, 0) is 36.2 Å². The third-order valence-corrected chi connectivity index (χ3v) is 4.55. The highest BCUT2D eigenvalue weighted by molar-refractivity contribution is 7.80. The molecule has 128 valence electrons. The highest BCUT2D eigenvalue weighted by atomic mass is 32.1. The van der Waals surface area contributed by atoms with Crippen LogP contribution in [0.25, 0.3) is 10.6 Å². The molecule has 2 N–H and O–H groups in total. The number of nitrogens with zero attached hydrogens (tertiary/aromatic N) is 3. The zero-order valence-corrected chi connectivity index (χ0v) is 15.5. The average molecular weight is 370 g/mol. The van der Waals surface area contributed by atoms with Crippen LogP contribution in [0.1, 0.15) is 18.1 Å². The third-order valence-electron chi connectivity index (χ3n) is 3.44. The molecule has 25 heavy (non-hydrogen) atoms. The number of thiocarbonyl (C=S) groups is 1. The molecule has 0 radical (unpaired) electrons. The van der Waals surface area contributed by atoms with Gasteiger partial charge >= 0.3 is 0 Å². The fourth-order valence-electron chi connectivity index (χ4n) is 2.35. The second-order valence-electron chi connectivity index (χ2n) is 5.32. The van der Waals surface area contributed by atoms with E-state index >= 15 is 0 Å². The molecule has 2 aromatic heterocycles. The van der Waals surface area contributed by atoms with Crippen molar-refractivity contribution in [3.63, 3.8) is 0 Å². The van der Waals surface area contributed by atoms with Crippen molar-refractivity contribution >= 4 is 34.9 Å². The fraction of sp³-hybridized carbons (Fsp3) is 0.167. The molecule has 0 atom stereocenters. The standard InChI is InChI=1S/C18H19N5S2/c1-2-19-18(24)21-20-11-15-13-23(12-14-7-4-3-5-8-14)22-17(15)16-9-6-10-25-16/h3-11,13H,2,12H2,1H3,(H2,19,21,24)/b20-11-. The van der Waals surface area contributed by atoms with Gasteiger partial charge in [-0.3, -0.25) is 10.1 Å². The summed E-state index contributed by atoms with van der Waals surface area (Å²) in [7, 11) is 0. The molecule has 0 saturated carbocycles. The molecule has 0 amide bonds. The van der Waals surface area contributed by atoms with E-state index in [9.17, 15) is 0 Å². The van der Waals surface area contributed by atoms with Gasteiger partial charge in [0.2, 0.25) is 0 Å². The van der Waals surface area contributed by atoms with E-state index in [4.69, 9.17) is 17.3 Å². The molecule has 5 nitrogen and oxygen atoms in total. The molecule has 0 aliphatic carbocycles. The number of benzene rings is 1. The molecule has 1 aromatic carbocycles. The van der Waals surface area contributed by atoms with Crippen LogP contribution in [-0.4, -0.2) is 27.7 Å². The summed E-state index contributed by atoms with van der Waals surface area (Å²) >= 11 is 6.78. The maximum absolute atomic E-state index is 5.12. The predicted octanol–water partition coefficient (Wildman–Crippen LogP) is 3.48. The van der Waals surface area contributed by atoms with Crippen molar-refractivity contribution in [3.8, 4) is 10.6 Å². The van der Waals surface area contributed by atoms with Crippen LogP contribution in [0.2, 0.25) is 0 Å². The minimum Gasteiger partial charge on any atom is -0.362 e. The summed E-state index contributed by atoms with van der Waals surface area (Å²) in [5.41, 5.74) is 5.90. The Labute approximate surface area is 156 Å². The summed E-state index contributed by atoms with van der Waals surface area (Å²) in [4.78, 5) is 1.11. The second kappa shape index (κ2) is 8.55.